The molecule has 0 N–H and O–H groups in total. The number of amides is 1. The van der Waals surface area contributed by atoms with Crippen molar-refractivity contribution in [3.8, 4) is 0 Å². The first-order valence-electron chi connectivity index (χ1n) is 8.01. The number of nitrogens with zero attached hydrogens (tertiary/aromatic N) is 2. The standard InChI is InChI=1S/C18H18N2OS3/c1-12(17(21)20-8-6-16-13(10-20)7-9-22-16)24-18-19-15-5-3-2-4-14(15)11-23-18/h2-5,7,9,12H,6,8,10-11H2,1H3. The van der Waals surface area contributed by atoms with Crippen LogP contribution < -0.4 is 0 Å². The van der Waals surface area contributed by atoms with Crippen molar-refractivity contribution < 1.29 is 4.79 Å². The van der Waals surface area contributed by atoms with Crippen molar-refractivity contribution in [2.45, 2.75) is 30.9 Å². The van der Waals surface area contributed by atoms with E-state index in [0.717, 1.165) is 35.3 Å². The predicted molar refractivity (Wildman–Crippen MR) is 105 cm³/mol. The first kappa shape index (κ1) is 16.2. The van der Waals surface area contributed by atoms with Gasteiger partial charge in [-0.25, -0.2) is 4.99 Å². The second-order valence-corrected chi connectivity index (χ2v) is 9.49. The van der Waals surface area contributed by atoms with Gasteiger partial charge in [0.1, 0.15) is 4.38 Å². The van der Waals surface area contributed by atoms with Crippen molar-refractivity contribution >= 4 is 50.8 Å². The van der Waals surface area contributed by atoms with Crippen LogP contribution in [-0.2, 0) is 23.5 Å². The molecule has 2 aromatic rings. The molecule has 6 heteroatoms. The Bertz CT molecular complexity index is 799. The summed E-state index contributed by atoms with van der Waals surface area (Å²) in [6.07, 6.45) is 0.985. The third-order valence-electron chi connectivity index (χ3n) is 4.30. The van der Waals surface area contributed by atoms with E-state index in [0.29, 0.717) is 0 Å². The molecule has 3 nitrogen and oxygen atoms in total. The second kappa shape index (κ2) is 6.94. The Morgan fingerprint density at radius 1 is 1.29 bits per heavy atom. The summed E-state index contributed by atoms with van der Waals surface area (Å²) in [6, 6.07) is 10.4. The molecule has 1 aromatic heterocycles. The molecule has 1 amide bonds. The summed E-state index contributed by atoms with van der Waals surface area (Å²) in [5, 5.41) is 2.03. The van der Waals surface area contributed by atoms with E-state index in [1.807, 2.05) is 30.0 Å². The van der Waals surface area contributed by atoms with Crippen LogP contribution in [0.25, 0.3) is 0 Å². The van der Waals surface area contributed by atoms with Gasteiger partial charge in [-0.2, -0.15) is 0 Å². The van der Waals surface area contributed by atoms with Crippen LogP contribution in [0.1, 0.15) is 22.9 Å². The van der Waals surface area contributed by atoms with Crippen LogP contribution in [0.2, 0.25) is 0 Å². The monoisotopic (exact) mass is 374 g/mol. The fraction of sp³-hybridized carbons (Fsp3) is 0.333. The highest BCUT2D eigenvalue weighted by molar-refractivity contribution is 8.39. The molecule has 1 atom stereocenters. The van der Waals surface area contributed by atoms with E-state index in [1.165, 1.54) is 16.0 Å². The Morgan fingerprint density at radius 3 is 3.08 bits per heavy atom. The van der Waals surface area contributed by atoms with Gasteiger partial charge in [-0.15, -0.1) is 11.3 Å². The van der Waals surface area contributed by atoms with Gasteiger partial charge in [0.15, 0.2) is 0 Å². The Labute approximate surface area is 154 Å². The fourth-order valence-corrected chi connectivity index (χ4v) is 6.13. The van der Waals surface area contributed by atoms with Gasteiger partial charge >= 0.3 is 0 Å². The summed E-state index contributed by atoms with van der Waals surface area (Å²) < 4.78 is 1.00. The van der Waals surface area contributed by atoms with Crippen LogP contribution in [0.4, 0.5) is 5.69 Å². The van der Waals surface area contributed by atoms with Crippen LogP contribution in [0.3, 0.4) is 0 Å². The number of rotatable bonds is 2. The topological polar surface area (TPSA) is 32.7 Å². The average Bonchev–Trinajstić information content (AvgIpc) is 3.08. The zero-order chi connectivity index (χ0) is 16.5. The maximum absolute atomic E-state index is 12.8. The van der Waals surface area contributed by atoms with Crippen molar-refractivity contribution in [3.05, 3.63) is 51.7 Å². The van der Waals surface area contributed by atoms with Gasteiger partial charge in [-0.05, 0) is 42.0 Å². The number of fused-ring (bicyclic) bond motifs is 2. The number of para-hydroxylation sites is 1. The van der Waals surface area contributed by atoms with Gasteiger partial charge in [0.25, 0.3) is 0 Å². The van der Waals surface area contributed by atoms with Crippen LogP contribution in [0, 0.1) is 0 Å². The van der Waals surface area contributed by atoms with Gasteiger partial charge in [0, 0.05) is 23.7 Å². The van der Waals surface area contributed by atoms with Gasteiger partial charge in [0.05, 0.1) is 10.9 Å². The lowest BCUT2D eigenvalue weighted by atomic mass is 10.1. The van der Waals surface area contributed by atoms with E-state index in [4.69, 9.17) is 4.99 Å². The van der Waals surface area contributed by atoms with Crippen molar-refractivity contribution in [2.75, 3.05) is 6.54 Å². The van der Waals surface area contributed by atoms with Crippen molar-refractivity contribution in [1.82, 2.24) is 4.90 Å². The molecule has 2 aliphatic heterocycles. The minimum atomic E-state index is -0.0957. The zero-order valence-corrected chi connectivity index (χ0v) is 15.8. The van der Waals surface area contributed by atoms with Crippen molar-refractivity contribution in [1.29, 1.82) is 0 Å². The minimum Gasteiger partial charge on any atom is -0.337 e. The number of thiophene rings is 1. The van der Waals surface area contributed by atoms with E-state index < -0.39 is 0 Å². The molecule has 124 valence electrons. The van der Waals surface area contributed by atoms with Crippen molar-refractivity contribution in [3.63, 3.8) is 0 Å². The maximum Gasteiger partial charge on any atom is 0.236 e. The third kappa shape index (κ3) is 3.27. The molecule has 0 fully saturated rings. The Balaban J connectivity index is 1.42. The first-order chi connectivity index (χ1) is 11.7. The summed E-state index contributed by atoms with van der Waals surface area (Å²) in [4.78, 5) is 20.9. The maximum atomic E-state index is 12.8. The molecule has 0 bridgehead atoms. The molecule has 1 aromatic carbocycles. The molecule has 0 radical (unpaired) electrons. The number of aliphatic imine (C=N–C) groups is 1. The van der Waals surface area contributed by atoms with E-state index in [2.05, 4.69) is 17.5 Å². The lowest BCUT2D eigenvalue weighted by Crippen LogP contribution is -2.40. The Kier molecular flexibility index (Phi) is 4.70. The summed E-state index contributed by atoms with van der Waals surface area (Å²) in [5.41, 5.74) is 3.63. The van der Waals surface area contributed by atoms with Gasteiger partial charge in [0.2, 0.25) is 5.91 Å². The Hall–Kier alpha value is -1.24. The molecular formula is C18H18N2OS3. The minimum absolute atomic E-state index is 0.0957. The fourth-order valence-electron chi connectivity index (χ4n) is 2.97. The Morgan fingerprint density at radius 2 is 2.17 bits per heavy atom. The number of carbonyl (C=O) groups is 1. The number of hydrogen-bond donors (Lipinski definition) is 0. The van der Waals surface area contributed by atoms with Crippen LogP contribution in [-0.4, -0.2) is 27.0 Å². The van der Waals surface area contributed by atoms with Crippen LogP contribution in [0.15, 0.2) is 40.7 Å². The SMILES string of the molecule is CC(SC1=Nc2ccccc2CS1)C(=O)N1CCc2sccc2C1. The van der Waals surface area contributed by atoms with Gasteiger partial charge < -0.3 is 4.90 Å². The largest absolute Gasteiger partial charge is 0.337 e. The lowest BCUT2D eigenvalue weighted by Gasteiger charge is -2.29. The van der Waals surface area contributed by atoms with E-state index >= 15 is 0 Å². The highest BCUT2D eigenvalue weighted by atomic mass is 32.2. The smallest absolute Gasteiger partial charge is 0.236 e. The van der Waals surface area contributed by atoms with Gasteiger partial charge in [-0.1, -0.05) is 41.7 Å². The summed E-state index contributed by atoms with van der Waals surface area (Å²) >= 11 is 5.13. The zero-order valence-electron chi connectivity index (χ0n) is 13.4. The molecular weight excluding hydrogens is 356 g/mol. The quantitative estimate of drug-likeness (QED) is 0.764. The van der Waals surface area contributed by atoms with E-state index in [9.17, 15) is 4.79 Å². The molecule has 4 rings (SSSR count). The summed E-state index contributed by atoms with van der Waals surface area (Å²) in [7, 11) is 0. The molecule has 0 saturated carbocycles. The molecule has 1 unspecified atom stereocenters. The molecule has 3 heterocycles. The normalized spacial score (nSPS) is 17.7. The molecule has 24 heavy (non-hydrogen) atoms. The first-order valence-corrected chi connectivity index (χ1v) is 10.8. The third-order valence-corrected chi connectivity index (χ3v) is 7.61. The summed E-state index contributed by atoms with van der Waals surface area (Å²) in [5.74, 6) is 1.16. The number of carbonyl (C=O) groups excluding carboxylic acids is 1. The summed E-state index contributed by atoms with van der Waals surface area (Å²) in [6.45, 7) is 3.59. The molecule has 2 aliphatic rings. The predicted octanol–water partition coefficient (Wildman–Crippen LogP) is 4.69. The number of thioether (sulfide) groups is 2. The van der Waals surface area contributed by atoms with E-state index in [1.54, 1.807) is 34.9 Å². The second-order valence-electron chi connectivity index (χ2n) is 5.93. The number of benzene rings is 1. The van der Waals surface area contributed by atoms with Crippen molar-refractivity contribution in [2.24, 2.45) is 4.99 Å². The number of hydrogen-bond acceptors (Lipinski definition) is 5. The van der Waals surface area contributed by atoms with E-state index in [-0.39, 0.29) is 11.2 Å². The van der Waals surface area contributed by atoms with Crippen LogP contribution in [0.5, 0.6) is 0 Å². The molecule has 0 aliphatic carbocycles. The van der Waals surface area contributed by atoms with Crippen LogP contribution >= 0.6 is 34.9 Å². The highest BCUT2D eigenvalue weighted by Gasteiger charge is 2.27. The highest BCUT2D eigenvalue weighted by Crippen LogP contribution is 2.36. The van der Waals surface area contributed by atoms with Gasteiger partial charge in [-0.3, -0.25) is 4.79 Å². The average molecular weight is 375 g/mol. The molecule has 0 spiro atoms. The lowest BCUT2D eigenvalue weighted by molar-refractivity contribution is -0.131. The molecule has 0 saturated heterocycles.